The molecule has 0 bridgehead atoms. The molecule has 0 unspecified atom stereocenters. The Bertz CT molecular complexity index is 1380. The molecular formula is C33H41N5O6. The van der Waals surface area contributed by atoms with E-state index in [-0.39, 0.29) is 11.1 Å². The number of nitrogens with zero attached hydrogens (tertiary/aromatic N) is 3. The lowest BCUT2D eigenvalue weighted by Crippen LogP contribution is -2.23. The standard InChI is InChI=1S/C33H41N5O6/c1-7-9-15-43-28-13-11-24(17-30(28)41-5)20-34-37-32(39)26-19-27(23(4)36-22(26)3)33(40)38-35-21-25-12-14-29(31(18-25)42-6)44-16-10-8-2/h11-14,17-21H,7-10,15-16H2,1-6H3,(H,37,39)(H,38,40). The minimum Gasteiger partial charge on any atom is -0.493 e. The summed E-state index contributed by atoms with van der Waals surface area (Å²) in [6, 6.07) is 12.2. The lowest BCUT2D eigenvalue weighted by Gasteiger charge is -2.11. The molecule has 11 heteroatoms. The van der Waals surface area contributed by atoms with Crippen LogP contribution in [0.2, 0.25) is 0 Å². The summed E-state index contributed by atoms with van der Waals surface area (Å²) in [5, 5.41) is 8.14. The molecule has 0 spiro atoms. The van der Waals surface area contributed by atoms with Crippen molar-refractivity contribution in [1.29, 1.82) is 0 Å². The third-order valence-corrected chi connectivity index (χ3v) is 6.54. The number of hydrazone groups is 2. The van der Waals surface area contributed by atoms with Crippen LogP contribution in [0.1, 0.15) is 82.8 Å². The van der Waals surface area contributed by atoms with Crippen LogP contribution in [0.4, 0.5) is 0 Å². The van der Waals surface area contributed by atoms with Gasteiger partial charge in [0.1, 0.15) is 0 Å². The van der Waals surface area contributed by atoms with Gasteiger partial charge in [-0.05, 0) is 80.3 Å². The van der Waals surface area contributed by atoms with Crippen molar-refractivity contribution in [2.45, 2.75) is 53.4 Å². The highest BCUT2D eigenvalue weighted by Crippen LogP contribution is 2.28. The van der Waals surface area contributed by atoms with Gasteiger partial charge in [0.15, 0.2) is 23.0 Å². The van der Waals surface area contributed by atoms with E-state index in [0.717, 1.165) is 25.7 Å². The number of unbranched alkanes of at least 4 members (excludes halogenated alkanes) is 2. The maximum absolute atomic E-state index is 12.9. The van der Waals surface area contributed by atoms with Gasteiger partial charge in [0.05, 0.1) is 62.4 Å². The fourth-order valence-corrected chi connectivity index (χ4v) is 4.06. The normalized spacial score (nSPS) is 11.0. The zero-order valence-electron chi connectivity index (χ0n) is 26.2. The molecule has 3 rings (SSSR count). The molecule has 44 heavy (non-hydrogen) atoms. The molecule has 0 radical (unpaired) electrons. The van der Waals surface area contributed by atoms with Gasteiger partial charge in [-0.1, -0.05) is 26.7 Å². The first-order valence-corrected chi connectivity index (χ1v) is 14.6. The van der Waals surface area contributed by atoms with Crippen LogP contribution in [0.25, 0.3) is 0 Å². The third-order valence-electron chi connectivity index (χ3n) is 6.54. The molecule has 0 saturated carbocycles. The fourth-order valence-electron chi connectivity index (χ4n) is 4.06. The van der Waals surface area contributed by atoms with Gasteiger partial charge in [-0.3, -0.25) is 14.6 Å². The Labute approximate surface area is 258 Å². The van der Waals surface area contributed by atoms with E-state index in [1.807, 2.05) is 12.1 Å². The van der Waals surface area contributed by atoms with E-state index in [0.29, 0.717) is 58.7 Å². The number of ether oxygens (including phenoxy) is 4. The molecular weight excluding hydrogens is 562 g/mol. The van der Waals surface area contributed by atoms with Crippen molar-refractivity contribution in [3.63, 3.8) is 0 Å². The van der Waals surface area contributed by atoms with Gasteiger partial charge in [0.2, 0.25) is 0 Å². The molecule has 0 saturated heterocycles. The van der Waals surface area contributed by atoms with Crippen LogP contribution in [-0.4, -0.2) is 56.7 Å². The highest BCUT2D eigenvalue weighted by atomic mass is 16.5. The van der Waals surface area contributed by atoms with E-state index in [1.165, 1.54) is 18.5 Å². The van der Waals surface area contributed by atoms with Gasteiger partial charge in [-0.2, -0.15) is 10.2 Å². The van der Waals surface area contributed by atoms with Crippen molar-refractivity contribution in [3.8, 4) is 23.0 Å². The lowest BCUT2D eigenvalue weighted by molar-refractivity contribution is 0.0954. The van der Waals surface area contributed by atoms with E-state index in [2.05, 4.69) is 39.9 Å². The Hall–Kier alpha value is -4.93. The predicted octanol–water partition coefficient (Wildman–Crippen LogP) is 5.60. The van der Waals surface area contributed by atoms with Crippen molar-refractivity contribution in [1.82, 2.24) is 15.8 Å². The quantitative estimate of drug-likeness (QED) is 0.124. The van der Waals surface area contributed by atoms with Crippen LogP contribution >= 0.6 is 0 Å². The van der Waals surface area contributed by atoms with Crippen LogP contribution < -0.4 is 29.8 Å². The van der Waals surface area contributed by atoms with Crippen LogP contribution in [0.5, 0.6) is 23.0 Å². The van der Waals surface area contributed by atoms with Gasteiger partial charge >= 0.3 is 0 Å². The van der Waals surface area contributed by atoms with Crippen LogP contribution in [0.3, 0.4) is 0 Å². The molecule has 3 aromatic rings. The summed E-state index contributed by atoms with van der Waals surface area (Å²) in [7, 11) is 3.13. The fraction of sp³-hybridized carbons (Fsp3) is 0.364. The smallest absolute Gasteiger partial charge is 0.273 e. The molecule has 2 N–H and O–H groups in total. The van der Waals surface area contributed by atoms with E-state index < -0.39 is 11.8 Å². The topological polar surface area (TPSA) is 133 Å². The molecule has 0 fully saturated rings. The highest BCUT2D eigenvalue weighted by Gasteiger charge is 2.17. The van der Waals surface area contributed by atoms with E-state index >= 15 is 0 Å². The number of aryl methyl sites for hydroxylation is 2. The summed E-state index contributed by atoms with van der Waals surface area (Å²) in [5.74, 6) is 1.40. The number of hydrogen-bond donors (Lipinski definition) is 2. The maximum Gasteiger partial charge on any atom is 0.273 e. The molecule has 1 heterocycles. The summed E-state index contributed by atoms with van der Waals surface area (Å²) < 4.78 is 22.4. The van der Waals surface area contributed by atoms with E-state index in [4.69, 9.17) is 18.9 Å². The summed E-state index contributed by atoms with van der Waals surface area (Å²) in [5.41, 5.74) is 7.75. The highest BCUT2D eigenvalue weighted by molar-refractivity contribution is 6.01. The zero-order valence-corrected chi connectivity index (χ0v) is 26.2. The minimum atomic E-state index is -0.511. The molecule has 234 valence electrons. The predicted molar refractivity (Wildman–Crippen MR) is 171 cm³/mol. The van der Waals surface area contributed by atoms with Crippen LogP contribution in [-0.2, 0) is 0 Å². The number of nitrogens with one attached hydrogen (secondary N) is 2. The van der Waals surface area contributed by atoms with Crippen molar-refractivity contribution < 1.29 is 28.5 Å². The average Bonchev–Trinajstić information content (AvgIpc) is 3.02. The van der Waals surface area contributed by atoms with E-state index in [9.17, 15) is 9.59 Å². The first-order valence-electron chi connectivity index (χ1n) is 14.6. The lowest BCUT2D eigenvalue weighted by atomic mass is 10.1. The molecule has 2 aromatic carbocycles. The molecule has 0 aliphatic carbocycles. The maximum atomic E-state index is 12.9. The second kappa shape index (κ2) is 17.3. The number of hydrogen-bond acceptors (Lipinski definition) is 9. The van der Waals surface area contributed by atoms with Gasteiger partial charge in [0.25, 0.3) is 11.8 Å². The van der Waals surface area contributed by atoms with Gasteiger partial charge in [0, 0.05) is 0 Å². The van der Waals surface area contributed by atoms with Crippen molar-refractivity contribution >= 4 is 24.2 Å². The zero-order chi connectivity index (χ0) is 31.9. The number of amides is 2. The van der Waals surface area contributed by atoms with Crippen molar-refractivity contribution in [2.24, 2.45) is 10.2 Å². The molecule has 0 aliphatic heterocycles. The molecule has 2 amide bonds. The summed E-state index contributed by atoms with van der Waals surface area (Å²) >= 11 is 0. The Balaban J connectivity index is 1.65. The van der Waals surface area contributed by atoms with Crippen molar-refractivity contribution in [3.05, 3.63) is 76.1 Å². The third kappa shape index (κ3) is 9.55. The number of aromatic nitrogens is 1. The minimum absolute atomic E-state index is 0.211. The average molecular weight is 604 g/mol. The second-order valence-corrected chi connectivity index (χ2v) is 9.88. The molecule has 0 atom stereocenters. The Kier molecular flexibility index (Phi) is 13.2. The van der Waals surface area contributed by atoms with Gasteiger partial charge in [-0.25, -0.2) is 10.9 Å². The van der Waals surface area contributed by atoms with Gasteiger partial charge < -0.3 is 18.9 Å². The number of methoxy groups -OCH3 is 2. The summed E-state index contributed by atoms with van der Waals surface area (Å²) in [6.45, 7) is 8.78. The van der Waals surface area contributed by atoms with E-state index in [1.54, 1.807) is 52.3 Å². The number of carbonyl (C=O) groups excluding carboxylic acids is 2. The summed E-state index contributed by atoms with van der Waals surface area (Å²) in [4.78, 5) is 30.3. The number of pyridine rings is 1. The molecule has 1 aromatic heterocycles. The first-order chi connectivity index (χ1) is 21.3. The largest absolute Gasteiger partial charge is 0.493 e. The van der Waals surface area contributed by atoms with Crippen molar-refractivity contribution in [2.75, 3.05) is 27.4 Å². The number of benzene rings is 2. The second-order valence-electron chi connectivity index (χ2n) is 9.88. The Morgan fingerprint density at radius 1 is 0.705 bits per heavy atom. The first kappa shape index (κ1) is 33.6. The SMILES string of the molecule is CCCCOc1ccc(C=NNC(=O)c2cc(C(=O)NN=Cc3ccc(OCCCC)c(OC)c3)c(C)nc2C)cc1OC. The van der Waals surface area contributed by atoms with Crippen LogP contribution in [0, 0.1) is 13.8 Å². The molecule has 0 aliphatic rings. The Morgan fingerprint density at radius 2 is 1.14 bits per heavy atom. The van der Waals surface area contributed by atoms with Crippen LogP contribution in [0.15, 0.2) is 52.7 Å². The number of rotatable bonds is 16. The number of carbonyl (C=O) groups is 2. The Morgan fingerprint density at radius 3 is 1.52 bits per heavy atom. The summed E-state index contributed by atoms with van der Waals surface area (Å²) in [6.07, 6.45) is 6.94. The van der Waals surface area contributed by atoms with Gasteiger partial charge in [-0.15, -0.1) is 0 Å². The monoisotopic (exact) mass is 603 g/mol. The molecule has 11 nitrogen and oxygen atoms in total.